The Balaban J connectivity index is 1.43. The van der Waals surface area contributed by atoms with E-state index in [1.54, 1.807) is 0 Å². The summed E-state index contributed by atoms with van der Waals surface area (Å²) in [6, 6.07) is 24.8. The number of para-hydroxylation sites is 2. The number of benzene rings is 3. The number of fused-ring (bicyclic) bond motifs is 1. The smallest absolute Gasteiger partial charge is 0.147 e. The van der Waals surface area contributed by atoms with Gasteiger partial charge in [0.25, 0.3) is 0 Å². The first-order valence-electron chi connectivity index (χ1n) is 11.3. The van der Waals surface area contributed by atoms with Crippen LogP contribution in [0.4, 0.5) is 0 Å². The monoisotopic (exact) mass is 428 g/mol. The van der Waals surface area contributed by atoms with Crippen LogP contribution in [0.1, 0.15) is 44.1 Å². The lowest BCUT2D eigenvalue weighted by Gasteiger charge is -2.19. The van der Waals surface area contributed by atoms with Crippen LogP contribution < -0.4 is 9.47 Å². The van der Waals surface area contributed by atoms with Gasteiger partial charge in [-0.25, -0.2) is 4.98 Å². The van der Waals surface area contributed by atoms with Crippen molar-refractivity contribution in [2.45, 2.75) is 52.7 Å². The molecule has 4 rings (SSSR count). The lowest BCUT2D eigenvalue weighted by molar-refractivity contribution is 0.280. The number of aryl methyl sites for hydroxylation is 2. The molecule has 1 aromatic heterocycles. The first kappa shape index (κ1) is 21.9. The number of nitrogens with zero attached hydrogens (tertiary/aromatic N) is 2. The molecule has 0 aliphatic heterocycles. The van der Waals surface area contributed by atoms with Gasteiger partial charge in [0.05, 0.1) is 17.6 Å². The molecule has 0 saturated carbocycles. The zero-order chi connectivity index (χ0) is 22.6. The van der Waals surface area contributed by atoms with Crippen LogP contribution in [0.5, 0.6) is 11.5 Å². The predicted molar refractivity (Wildman–Crippen MR) is 130 cm³/mol. The van der Waals surface area contributed by atoms with Crippen LogP contribution in [-0.4, -0.2) is 16.2 Å². The lowest BCUT2D eigenvalue weighted by atomic mass is 9.87. The molecular formula is C28H32N2O2. The fourth-order valence-corrected chi connectivity index (χ4v) is 3.80. The van der Waals surface area contributed by atoms with Gasteiger partial charge in [-0.2, -0.15) is 0 Å². The summed E-state index contributed by atoms with van der Waals surface area (Å²) >= 11 is 0. The van der Waals surface area contributed by atoms with E-state index in [0.717, 1.165) is 41.3 Å². The highest BCUT2D eigenvalue weighted by Gasteiger charge is 2.14. The van der Waals surface area contributed by atoms with Gasteiger partial charge in [0.2, 0.25) is 0 Å². The molecule has 3 aromatic carbocycles. The maximum absolute atomic E-state index is 6.10. The van der Waals surface area contributed by atoms with Crippen molar-refractivity contribution in [3.05, 3.63) is 89.7 Å². The standard InChI is InChI=1S/C28H32N2O2/c1-21-9-7-10-24(19-21)31-18-8-17-30-26-12-6-5-11-25(26)29-27(30)20-32-23-15-13-22(14-16-23)28(2,3)4/h5-7,9-16,19H,8,17-18,20H2,1-4H3. The second-order valence-corrected chi connectivity index (χ2v) is 9.25. The first-order chi connectivity index (χ1) is 15.4. The molecule has 0 spiro atoms. The molecule has 0 amide bonds. The van der Waals surface area contributed by atoms with E-state index in [0.29, 0.717) is 13.2 Å². The van der Waals surface area contributed by atoms with Gasteiger partial charge in [-0.3, -0.25) is 0 Å². The van der Waals surface area contributed by atoms with Gasteiger partial charge in [0.15, 0.2) is 0 Å². The zero-order valence-corrected chi connectivity index (χ0v) is 19.5. The van der Waals surface area contributed by atoms with Gasteiger partial charge in [-0.1, -0.05) is 57.2 Å². The molecule has 4 aromatic rings. The second kappa shape index (κ2) is 9.47. The third-order valence-electron chi connectivity index (χ3n) is 5.61. The number of imidazole rings is 1. The van der Waals surface area contributed by atoms with E-state index < -0.39 is 0 Å². The quantitative estimate of drug-likeness (QED) is 0.293. The highest BCUT2D eigenvalue weighted by atomic mass is 16.5. The summed E-state index contributed by atoms with van der Waals surface area (Å²) in [5.41, 5.74) is 4.76. The number of hydrogen-bond acceptors (Lipinski definition) is 3. The van der Waals surface area contributed by atoms with Crippen molar-refractivity contribution < 1.29 is 9.47 Å². The molecule has 0 saturated heterocycles. The van der Waals surface area contributed by atoms with Crippen LogP contribution in [-0.2, 0) is 18.6 Å². The second-order valence-electron chi connectivity index (χ2n) is 9.25. The topological polar surface area (TPSA) is 36.3 Å². The SMILES string of the molecule is Cc1cccc(OCCCn2c(COc3ccc(C(C)(C)C)cc3)nc3ccccc32)c1. The fourth-order valence-electron chi connectivity index (χ4n) is 3.80. The number of ether oxygens (including phenoxy) is 2. The van der Waals surface area contributed by atoms with E-state index in [4.69, 9.17) is 14.5 Å². The van der Waals surface area contributed by atoms with Gasteiger partial charge in [0, 0.05) is 6.54 Å². The molecule has 0 unspecified atom stereocenters. The Morgan fingerprint density at radius 2 is 1.62 bits per heavy atom. The average molecular weight is 429 g/mol. The van der Waals surface area contributed by atoms with Crippen LogP contribution in [0.2, 0.25) is 0 Å². The van der Waals surface area contributed by atoms with Crippen molar-refractivity contribution in [2.24, 2.45) is 0 Å². The fraction of sp³-hybridized carbons (Fsp3) is 0.321. The summed E-state index contributed by atoms with van der Waals surface area (Å²) in [7, 11) is 0. The normalized spacial score (nSPS) is 11.6. The summed E-state index contributed by atoms with van der Waals surface area (Å²) in [6.45, 7) is 10.6. The minimum absolute atomic E-state index is 0.132. The average Bonchev–Trinajstić information content (AvgIpc) is 3.12. The van der Waals surface area contributed by atoms with E-state index in [1.807, 2.05) is 30.3 Å². The van der Waals surface area contributed by atoms with Gasteiger partial charge in [0.1, 0.15) is 23.9 Å². The Kier molecular flexibility index (Phi) is 6.50. The Morgan fingerprint density at radius 3 is 2.38 bits per heavy atom. The maximum Gasteiger partial charge on any atom is 0.147 e. The highest BCUT2D eigenvalue weighted by molar-refractivity contribution is 5.75. The molecule has 0 atom stereocenters. The molecule has 0 aliphatic carbocycles. The van der Waals surface area contributed by atoms with E-state index in [2.05, 4.69) is 74.7 Å². The van der Waals surface area contributed by atoms with E-state index in [1.165, 1.54) is 11.1 Å². The van der Waals surface area contributed by atoms with Crippen molar-refractivity contribution in [3.63, 3.8) is 0 Å². The molecule has 0 fully saturated rings. The third kappa shape index (κ3) is 5.31. The molecule has 166 valence electrons. The van der Waals surface area contributed by atoms with Gasteiger partial charge in [-0.15, -0.1) is 0 Å². The summed E-state index contributed by atoms with van der Waals surface area (Å²) in [4.78, 5) is 4.83. The van der Waals surface area contributed by atoms with Crippen LogP contribution in [0.15, 0.2) is 72.8 Å². The van der Waals surface area contributed by atoms with Crippen LogP contribution in [0.3, 0.4) is 0 Å². The molecule has 4 nitrogen and oxygen atoms in total. The molecule has 0 radical (unpaired) electrons. The number of rotatable bonds is 8. The number of hydrogen-bond donors (Lipinski definition) is 0. The molecule has 0 aliphatic rings. The zero-order valence-electron chi connectivity index (χ0n) is 19.5. The largest absolute Gasteiger partial charge is 0.494 e. The van der Waals surface area contributed by atoms with E-state index >= 15 is 0 Å². The lowest BCUT2D eigenvalue weighted by Crippen LogP contribution is -2.11. The maximum atomic E-state index is 6.10. The van der Waals surface area contributed by atoms with Crippen molar-refractivity contribution in [1.29, 1.82) is 0 Å². The third-order valence-corrected chi connectivity index (χ3v) is 5.61. The van der Waals surface area contributed by atoms with Crippen molar-refractivity contribution >= 4 is 11.0 Å². The van der Waals surface area contributed by atoms with Crippen LogP contribution in [0, 0.1) is 6.92 Å². The van der Waals surface area contributed by atoms with Crippen molar-refractivity contribution in [2.75, 3.05) is 6.61 Å². The van der Waals surface area contributed by atoms with Gasteiger partial charge in [-0.05, 0) is 66.3 Å². The minimum atomic E-state index is 0.132. The van der Waals surface area contributed by atoms with Crippen molar-refractivity contribution in [3.8, 4) is 11.5 Å². The van der Waals surface area contributed by atoms with Gasteiger partial charge >= 0.3 is 0 Å². The summed E-state index contributed by atoms with van der Waals surface area (Å²) in [5.74, 6) is 2.71. The Bertz CT molecular complexity index is 1170. The van der Waals surface area contributed by atoms with E-state index in [9.17, 15) is 0 Å². The Morgan fingerprint density at radius 1 is 0.844 bits per heavy atom. The molecule has 0 bridgehead atoms. The van der Waals surface area contributed by atoms with Crippen LogP contribution in [0.25, 0.3) is 11.0 Å². The summed E-state index contributed by atoms with van der Waals surface area (Å²) in [5, 5.41) is 0. The summed E-state index contributed by atoms with van der Waals surface area (Å²) in [6.07, 6.45) is 0.890. The Labute approximate surface area is 190 Å². The predicted octanol–water partition coefficient (Wildman–Crippen LogP) is 6.69. The van der Waals surface area contributed by atoms with Crippen LogP contribution >= 0.6 is 0 Å². The minimum Gasteiger partial charge on any atom is -0.494 e. The van der Waals surface area contributed by atoms with E-state index in [-0.39, 0.29) is 5.41 Å². The highest BCUT2D eigenvalue weighted by Crippen LogP contribution is 2.25. The summed E-state index contributed by atoms with van der Waals surface area (Å²) < 4.78 is 14.3. The molecule has 1 heterocycles. The molecule has 4 heteroatoms. The number of aromatic nitrogens is 2. The first-order valence-corrected chi connectivity index (χ1v) is 11.3. The molecule has 32 heavy (non-hydrogen) atoms. The van der Waals surface area contributed by atoms with Crippen molar-refractivity contribution in [1.82, 2.24) is 9.55 Å². The molecular weight excluding hydrogens is 396 g/mol. The Hall–Kier alpha value is -3.27. The molecule has 0 N–H and O–H groups in total. The van der Waals surface area contributed by atoms with Gasteiger partial charge < -0.3 is 14.0 Å².